The predicted octanol–water partition coefficient (Wildman–Crippen LogP) is 4.07. The Morgan fingerprint density at radius 1 is 0.906 bits per heavy atom. The monoisotopic (exact) mass is 430 g/mol. The molecule has 0 saturated heterocycles. The molecule has 2 aromatic carbocycles. The number of benzene rings is 2. The minimum Gasteiger partial charge on any atom is -0.497 e. The summed E-state index contributed by atoms with van der Waals surface area (Å²) in [7, 11) is 6.91. The van der Waals surface area contributed by atoms with E-state index in [1.807, 2.05) is 48.0 Å². The largest absolute Gasteiger partial charge is 0.497 e. The molecule has 8 heteroatoms. The van der Waals surface area contributed by atoms with E-state index < -0.39 is 0 Å². The van der Waals surface area contributed by atoms with E-state index in [0.717, 1.165) is 27.5 Å². The third-order valence-electron chi connectivity index (χ3n) is 5.82. The molecule has 32 heavy (non-hydrogen) atoms. The fraction of sp³-hybridized carbons (Fsp3) is 0.208. The molecule has 0 aliphatic heterocycles. The molecule has 3 heterocycles. The molecule has 0 saturated carbocycles. The van der Waals surface area contributed by atoms with Crippen molar-refractivity contribution >= 4 is 21.9 Å². The van der Waals surface area contributed by atoms with Crippen LogP contribution in [-0.2, 0) is 14.1 Å². The maximum absolute atomic E-state index is 13.4. The van der Waals surface area contributed by atoms with Crippen LogP contribution in [0.5, 0.6) is 11.5 Å². The number of methoxy groups -OCH3 is 2. The number of rotatable bonds is 4. The highest BCUT2D eigenvalue weighted by molar-refractivity contribution is 6.09. The summed E-state index contributed by atoms with van der Waals surface area (Å²) in [6.07, 6.45) is 0. The number of ether oxygens (including phenoxy) is 2. The van der Waals surface area contributed by atoms with Crippen molar-refractivity contribution in [3.05, 3.63) is 58.6 Å². The summed E-state index contributed by atoms with van der Waals surface area (Å²) in [5.41, 5.74) is 3.78. The van der Waals surface area contributed by atoms with E-state index in [9.17, 15) is 4.79 Å². The van der Waals surface area contributed by atoms with Gasteiger partial charge in [0.05, 0.1) is 25.3 Å². The smallest absolute Gasteiger partial charge is 0.259 e. The Morgan fingerprint density at radius 2 is 1.72 bits per heavy atom. The minimum absolute atomic E-state index is 0.111. The molecule has 0 aliphatic carbocycles. The molecule has 0 bridgehead atoms. The van der Waals surface area contributed by atoms with Crippen LogP contribution in [0.4, 0.5) is 0 Å². The third-order valence-corrected chi connectivity index (χ3v) is 5.82. The molecule has 0 fully saturated rings. The van der Waals surface area contributed by atoms with E-state index in [4.69, 9.17) is 14.0 Å². The van der Waals surface area contributed by atoms with Crippen LogP contribution < -0.4 is 15.0 Å². The van der Waals surface area contributed by atoms with Crippen LogP contribution in [0.3, 0.4) is 0 Å². The van der Waals surface area contributed by atoms with Crippen LogP contribution >= 0.6 is 0 Å². The van der Waals surface area contributed by atoms with Crippen molar-refractivity contribution in [1.29, 1.82) is 0 Å². The summed E-state index contributed by atoms with van der Waals surface area (Å²) >= 11 is 0. The summed E-state index contributed by atoms with van der Waals surface area (Å²) < 4.78 is 19.9. The summed E-state index contributed by atoms with van der Waals surface area (Å²) in [4.78, 5) is 17.7. The number of hydrogen-bond donors (Lipinski definition) is 0. The number of pyridine rings is 1. The van der Waals surface area contributed by atoms with Crippen molar-refractivity contribution in [1.82, 2.24) is 19.3 Å². The number of fused-ring (bicyclic) bond motifs is 3. The van der Waals surface area contributed by atoms with Gasteiger partial charge in [0.2, 0.25) is 0 Å². The topological polar surface area (TPSA) is 84.3 Å². The second-order valence-corrected chi connectivity index (χ2v) is 7.66. The van der Waals surface area contributed by atoms with Gasteiger partial charge in [0.25, 0.3) is 11.4 Å². The summed E-state index contributed by atoms with van der Waals surface area (Å²) in [5.74, 6) is 2.27. The van der Waals surface area contributed by atoms with Gasteiger partial charge in [0.1, 0.15) is 17.1 Å². The van der Waals surface area contributed by atoms with Gasteiger partial charge < -0.3 is 18.6 Å². The third kappa shape index (κ3) is 2.87. The lowest BCUT2D eigenvalue weighted by atomic mass is 10.0. The van der Waals surface area contributed by atoms with Gasteiger partial charge in [0, 0.05) is 42.1 Å². The van der Waals surface area contributed by atoms with Gasteiger partial charge >= 0.3 is 0 Å². The highest BCUT2D eigenvalue weighted by Gasteiger charge is 2.19. The van der Waals surface area contributed by atoms with Crippen LogP contribution in [0.25, 0.3) is 44.5 Å². The van der Waals surface area contributed by atoms with Gasteiger partial charge in [-0.05, 0) is 43.3 Å². The fourth-order valence-electron chi connectivity index (χ4n) is 4.25. The van der Waals surface area contributed by atoms with Gasteiger partial charge in [-0.3, -0.25) is 9.36 Å². The van der Waals surface area contributed by atoms with E-state index >= 15 is 0 Å². The first-order valence-electron chi connectivity index (χ1n) is 10.1. The molecule has 0 N–H and O–H groups in total. The number of aromatic nitrogens is 4. The van der Waals surface area contributed by atoms with E-state index in [0.29, 0.717) is 34.3 Å². The van der Waals surface area contributed by atoms with E-state index in [1.54, 1.807) is 38.8 Å². The molecule has 0 amide bonds. The van der Waals surface area contributed by atoms with Gasteiger partial charge in [-0.2, -0.15) is 4.98 Å². The summed E-state index contributed by atoms with van der Waals surface area (Å²) in [6.45, 7) is 1.79. The zero-order valence-corrected chi connectivity index (χ0v) is 18.5. The van der Waals surface area contributed by atoms with Crippen molar-refractivity contribution < 1.29 is 14.0 Å². The molecule has 0 unspecified atom stereocenters. The first-order valence-corrected chi connectivity index (χ1v) is 10.1. The van der Waals surface area contributed by atoms with Gasteiger partial charge in [-0.1, -0.05) is 5.16 Å². The zero-order chi connectivity index (χ0) is 22.6. The molecular weight excluding hydrogens is 408 g/mol. The van der Waals surface area contributed by atoms with Gasteiger partial charge in [-0.25, -0.2) is 0 Å². The Kier molecular flexibility index (Phi) is 4.51. The Labute approximate surface area is 183 Å². The van der Waals surface area contributed by atoms with E-state index in [1.165, 1.54) is 0 Å². The first kappa shape index (κ1) is 19.9. The quantitative estimate of drug-likeness (QED) is 0.427. The Balaban J connectivity index is 1.82. The van der Waals surface area contributed by atoms with Crippen LogP contribution in [0, 0.1) is 6.92 Å². The van der Waals surface area contributed by atoms with Crippen LogP contribution in [-0.4, -0.2) is 33.5 Å². The molecule has 8 nitrogen and oxygen atoms in total. The maximum Gasteiger partial charge on any atom is 0.259 e. The normalized spacial score (nSPS) is 11.4. The predicted molar refractivity (Wildman–Crippen MR) is 122 cm³/mol. The van der Waals surface area contributed by atoms with Crippen molar-refractivity contribution in [3.63, 3.8) is 0 Å². The van der Waals surface area contributed by atoms with Crippen LogP contribution in [0.2, 0.25) is 0 Å². The molecular formula is C24H22N4O4. The molecule has 0 radical (unpaired) electrons. The molecule has 3 aromatic heterocycles. The van der Waals surface area contributed by atoms with Crippen LogP contribution in [0.15, 0.2) is 51.8 Å². The summed E-state index contributed by atoms with van der Waals surface area (Å²) in [6, 6.07) is 13.3. The molecule has 0 spiro atoms. The van der Waals surface area contributed by atoms with Gasteiger partial charge in [-0.15, -0.1) is 0 Å². The van der Waals surface area contributed by atoms with Crippen molar-refractivity contribution in [2.75, 3.05) is 14.2 Å². The fourth-order valence-corrected chi connectivity index (χ4v) is 4.25. The molecule has 5 aromatic rings. The lowest BCUT2D eigenvalue weighted by Crippen LogP contribution is -2.20. The number of hydrogen-bond acceptors (Lipinski definition) is 6. The molecule has 0 aliphatic rings. The van der Waals surface area contributed by atoms with Crippen molar-refractivity contribution in [2.24, 2.45) is 14.1 Å². The van der Waals surface area contributed by atoms with Crippen molar-refractivity contribution in [2.45, 2.75) is 6.92 Å². The summed E-state index contributed by atoms with van der Waals surface area (Å²) in [5, 5.41) is 5.82. The lowest BCUT2D eigenvalue weighted by molar-refractivity contribution is 0.395. The standard InChI is InChI=1S/C24H22N4O4/c1-13-25-22(32-26-13)14-6-9-20-17(10-14)18-12-19(24(29)28(3)23(18)27(20)2)16-8-7-15(30-4)11-21(16)31-5/h6-12H,1-5H3. The first-order chi connectivity index (χ1) is 15.4. The minimum atomic E-state index is -0.111. The average Bonchev–Trinajstić information content (AvgIpc) is 3.36. The zero-order valence-electron chi connectivity index (χ0n) is 18.5. The Hall–Kier alpha value is -4.07. The highest BCUT2D eigenvalue weighted by atomic mass is 16.5. The molecule has 162 valence electrons. The van der Waals surface area contributed by atoms with Crippen LogP contribution in [0.1, 0.15) is 5.82 Å². The lowest BCUT2D eigenvalue weighted by Gasteiger charge is -2.12. The maximum atomic E-state index is 13.4. The average molecular weight is 430 g/mol. The second-order valence-electron chi connectivity index (χ2n) is 7.66. The van der Waals surface area contributed by atoms with Crippen molar-refractivity contribution in [3.8, 4) is 34.1 Å². The van der Waals surface area contributed by atoms with Gasteiger partial charge in [0.15, 0.2) is 5.82 Å². The number of nitrogens with zero attached hydrogens (tertiary/aromatic N) is 4. The molecule has 0 atom stereocenters. The molecule has 5 rings (SSSR count). The second kappa shape index (κ2) is 7.26. The Bertz CT molecular complexity index is 1560. The van der Waals surface area contributed by atoms with E-state index in [-0.39, 0.29) is 5.56 Å². The Morgan fingerprint density at radius 3 is 2.41 bits per heavy atom. The number of aryl methyl sites for hydroxylation is 3. The SMILES string of the molecule is COc1ccc(-c2cc3c4cc(-c5nc(C)no5)ccc4n(C)c3n(C)c2=O)c(OC)c1. The van der Waals surface area contributed by atoms with E-state index in [2.05, 4.69) is 10.1 Å². The highest BCUT2D eigenvalue weighted by Crippen LogP contribution is 2.36.